The Hall–Kier alpha value is -1.87. The van der Waals surface area contributed by atoms with Crippen LogP contribution in [0.3, 0.4) is 0 Å². The van der Waals surface area contributed by atoms with Gasteiger partial charge in [-0.05, 0) is 56.6 Å². The highest BCUT2D eigenvalue weighted by atomic mass is 15.1. The van der Waals surface area contributed by atoms with Gasteiger partial charge < -0.3 is 10.2 Å². The number of likely N-dealkylation sites (N-methyl/N-ethyl adjacent to an activating group) is 1. The Balaban J connectivity index is 2.06. The number of nitrogens with zero attached hydrogens (tertiary/aromatic N) is 2. The van der Waals surface area contributed by atoms with Crippen molar-refractivity contribution in [1.29, 1.82) is 0 Å². The van der Waals surface area contributed by atoms with E-state index in [1.54, 1.807) is 0 Å². The van der Waals surface area contributed by atoms with E-state index in [2.05, 4.69) is 67.3 Å². The van der Waals surface area contributed by atoms with E-state index in [0.717, 1.165) is 18.8 Å². The van der Waals surface area contributed by atoms with Gasteiger partial charge in [0.05, 0.1) is 12.2 Å². The van der Waals surface area contributed by atoms with Gasteiger partial charge in [-0.1, -0.05) is 44.0 Å². The maximum atomic E-state index is 4.40. The van der Waals surface area contributed by atoms with Crippen LogP contribution in [0, 0.1) is 6.92 Å². The van der Waals surface area contributed by atoms with E-state index >= 15 is 0 Å². The molecule has 0 fully saturated rings. The monoisotopic (exact) mass is 325 g/mol. The molecule has 0 aliphatic heterocycles. The van der Waals surface area contributed by atoms with Crippen LogP contribution in [0.25, 0.3) is 0 Å². The summed E-state index contributed by atoms with van der Waals surface area (Å²) in [6, 6.07) is 12.7. The minimum absolute atomic E-state index is 0.498. The van der Waals surface area contributed by atoms with Gasteiger partial charge in [-0.2, -0.15) is 0 Å². The second-order valence-corrected chi connectivity index (χ2v) is 6.78. The van der Waals surface area contributed by atoms with Crippen LogP contribution < -0.4 is 5.32 Å². The Morgan fingerprint density at radius 3 is 2.75 bits per heavy atom. The summed E-state index contributed by atoms with van der Waals surface area (Å²) in [5.41, 5.74) is 5.00. The molecule has 1 N–H and O–H groups in total. The summed E-state index contributed by atoms with van der Waals surface area (Å²) in [5, 5.41) is 3.57. The molecule has 0 unspecified atom stereocenters. The number of benzene rings is 1. The smallest absolute Gasteiger partial charge is 0.0594 e. The maximum Gasteiger partial charge on any atom is 0.0594 e. The van der Waals surface area contributed by atoms with Gasteiger partial charge in [0.15, 0.2) is 0 Å². The Bertz CT molecular complexity index is 610. The molecule has 0 aliphatic rings. The number of hydrogen-bond donors (Lipinski definition) is 1. The maximum absolute atomic E-state index is 4.40. The van der Waals surface area contributed by atoms with Crippen molar-refractivity contribution in [2.24, 2.45) is 0 Å². The summed E-state index contributed by atoms with van der Waals surface area (Å²) in [7, 11) is 2.23. The van der Waals surface area contributed by atoms with Crippen molar-refractivity contribution in [1.82, 2.24) is 9.88 Å². The molecule has 24 heavy (non-hydrogen) atoms. The van der Waals surface area contributed by atoms with E-state index in [1.165, 1.54) is 36.2 Å². The van der Waals surface area contributed by atoms with Crippen molar-refractivity contribution < 1.29 is 0 Å². The zero-order valence-electron chi connectivity index (χ0n) is 15.5. The molecule has 2 rings (SSSR count). The van der Waals surface area contributed by atoms with Crippen molar-refractivity contribution in [3.63, 3.8) is 0 Å². The lowest BCUT2D eigenvalue weighted by Crippen LogP contribution is -2.25. The van der Waals surface area contributed by atoms with Gasteiger partial charge in [0.25, 0.3) is 0 Å². The van der Waals surface area contributed by atoms with Crippen molar-refractivity contribution >= 4 is 5.69 Å². The third kappa shape index (κ3) is 5.64. The number of nitrogens with one attached hydrogen (secondary N) is 1. The third-order valence-electron chi connectivity index (χ3n) is 4.40. The zero-order valence-corrected chi connectivity index (χ0v) is 15.5. The van der Waals surface area contributed by atoms with Crippen LogP contribution in [0.5, 0.6) is 0 Å². The highest BCUT2D eigenvalue weighted by molar-refractivity contribution is 5.54. The van der Waals surface area contributed by atoms with E-state index < -0.39 is 0 Å². The zero-order chi connectivity index (χ0) is 17.4. The molecule has 130 valence electrons. The Morgan fingerprint density at radius 1 is 1.21 bits per heavy atom. The number of pyridine rings is 1. The molecule has 0 bridgehead atoms. The van der Waals surface area contributed by atoms with E-state index in [9.17, 15) is 0 Å². The topological polar surface area (TPSA) is 28.2 Å². The summed E-state index contributed by atoms with van der Waals surface area (Å²) in [5.74, 6) is 0.498. The van der Waals surface area contributed by atoms with Crippen LogP contribution in [0.2, 0.25) is 0 Å². The van der Waals surface area contributed by atoms with Crippen molar-refractivity contribution in [3.05, 3.63) is 59.4 Å². The van der Waals surface area contributed by atoms with Gasteiger partial charge >= 0.3 is 0 Å². The molecule has 1 atom stereocenters. The average molecular weight is 326 g/mol. The summed E-state index contributed by atoms with van der Waals surface area (Å²) >= 11 is 0. The second-order valence-electron chi connectivity index (χ2n) is 6.78. The molecular weight excluding hydrogens is 294 g/mol. The predicted octanol–water partition coefficient (Wildman–Crippen LogP) is 4.84. The number of unbranched alkanes of at least 4 members (excludes halogenated alkanes) is 1. The summed E-state index contributed by atoms with van der Waals surface area (Å²) < 4.78 is 0. The van der Waals surface area contributed by atoms with Gasteiger partial charge in [-0.25, -0.2) is 0 Å². The van der Waals surface area contributed by atoms with E-state index in [1.807, 2.05) is 18.3 Å². The first-order valence-corrected chi connectivity index (χ1v) is 9.03. The number of rotatable bonds is 9. The molecule has 3 nitrogen and oxygen atoms in total. The van der Waals surface area contributed by atoms with Crippen molar-refractivity contribution in [2.45, 2.75) is 46.1 Å². The fourth-order valence-electron chi connectivity index (χ4n) is 3.02. The normalized spacial score (nSPS) is 12.4. The van der Waals surface area contributed by atoms with Gasteiger partial charge in [0, 0.05) is 18.4 Å². The molecule has 0 aliphatic carbocycles. The molecule has 2 aromatic rings. The van der Waals surface area contributed by atoms with E-state index in [-0.39, 0.29) is 0 Å². The lowest BCUT2D eigenvalue weighted by molar-refractivity contribution is 0.312. The summed E-state index contributed by atoms with van der Waals surface area (Å²) in [6.45, 7) is 9.75. The minimum Gasteiger partial charge on any atom is -0.379 e. The van der Waals surface area contributed by atoms with E-state index in [4.69, 9.17) is 0 Å². The molecule has 0 saturated carbocycles. The Morgan fingerprint density at radius 2 is 2.04 bits per heavy atom. The molecule has 1 aromatic heterocycles. The first kappa shape index (κ1) is 18.5. The van der Waals surface area contributed by atoms with Crippen LogP contribution in [0.1, 0.15) is 49.4 Å². The Labute approximate surface area is 147 Å². The number of aryl methyl sites for hydroxylation is 1. The molecule has 1 heterocycles. The highest BCUT2D eigenvalue weighted by Gasteiger charge is 2.13. The first-order chi connectivity index (χ1) is 11.6. The largest absolute Gasteiger partial charge is 0.379 e. The van der Waals surface area contributed by atoms with Crippen LogP contribution in [-0.2, 0) is 6.54 Å². The predicted molar refractivity (Wildman–Crippen MR) is 104 cm³/mol. The molecule has 1 aromatic carbocycles. The molecule has 0 amide bonds. The number of hydrogen-bond acceptors (Lipinski definition) is 3. The highest BCUT2D eigenvalue weighted by Crippen LogP contribution is 2.27. The minimum atomic E-state index is 0.498. The average Bonchev–Trinajstić information content (AvgIpc) is 2.59. The van der Waals surface area contributed by atoms with Crippen LogP contribution in [0.4, 0.5) is 5.69 Å². The molecular formula is C21H31N3. The number of aromatic nitrogens is 1. The Kier molecular flexibility index (Phi) is 7.26. The van der Waals surface area contributed by atoms with Crippen LogP contribution in [-0.4, -0.2) is 30.0 Å². The standard InChI is InChI=1S/C21H31N3/c1-5-6-13-24(4)16-18(3)20-14-17(2)10-11-21(20)23-15-19-9-7-8-12-22-19/h7-12,14,18,23H,5-6,13,15-16H2,1-4H3/t18-/m0/s1. The van der Waals surface area contributed by atoms with E-state index in [0.29, 0.717) is 5.92 Å². The third-order valence-corrected chi connectivity index (χ3v) is 4.40. The quantitative estimate of drug-likeness (QED) is 0.715. The molecule has 3 heteroatoms. The fraction of sp³-hybridized carbons (Fsp3) is 0.476. The second kappa shape index (κ2) is 9.43. The van der Waals surface area contributed by atoms with Gasteiger partial charge in [0.1, 0.15) is 0 Å². The number of anilines is 1. The molecule has 0 spiro atoms. The van der Waals surface area contributed by atoms with Gasteiger partial charge in [-0.15, -0.1) is 0 Å². The lowest BCUT2D eigenvalue weighted by Gasteiger charge is -2.24. The van der Waals surface area contributed by atoms with Crippen molar-refractivity contribution in [3.8, 4) is 0 Å². The lowest BCUT2D eigenvalue weighted by atomic mass is 9.96. The fourth-order valence-corrected chi connectivity index (χ4v) is 3.02. The summed E-state index contributed by atoms with van der Waals surface area (Å²) in [4.78, 5) is 6.84. The first-order valence-electron chi connectivity index (χ1n) is 9.03. The van der Waals surface area contributed by atoms with Gasteiger partial charge in [0.2, 0.25) is 0 Å². The summed E-state index contributed by atoms with van der Waals surface area (Å²) in [6.07, 6.45) is 4.36. The van der Waals surface area contributed by atoms with Gasteiger partial charge in [-0.3, -0.25) is 4.98 Å². The molecule has 0 radical (unpaired) electrons. The van der Waals surface area contributed by atoms with Crippen LogP contribution in [0.15, 0.2) is 42.6 Å². The molecule has 0 saturated heterocycles. The van der Waals surface area contributed by atoms with Crippen LogP contribution >= 0.6 is 0 Å². The van der Waals surface area contributed by atoms with Crippen molar-refractivity contribution in [2.75, 3.05) is 25.5 Å². The SMILES string of the molecule is CCCCN(C)C[C@H](C)c1cc(C)ccc1NCc1ccccn1.